The first-order valence-corrected chi connectivity index (χ1v) is 7.26. The Balaban J connectivity index is 2.24. The summed E-state index contributed by atoms with van der Waals surface area (Å²) in [4.78, 5) is 16.5. The Morgan fingerprint density at radius 2 is 1.95 bits per heavy atom. The largest absolute Gasteiger partial charge is 0.384 e. The third-order valence-corrected chi connectivity index (χ3v) is 3.28. The van der Waals surface area contributed by atoms with Crippen molar-refractivity contribution in [2.75, 3.05) is 6.61 Å². The van der Waals surface area contributed by atoms with Crippen molar-refractivity contribution in [3.8, 4) is 0 Å². The minimum Gasteiger partial charge on any atom is -0.384 e. The van der Waals surface area contributed by atoms with Gasteiger partial charge >= 0.3 is 0 Å². The SMILES string of the molecule is CC(C)C(C)NC(=O)CO/N=C(\N)CCc1ccccc1. The van der Waals surface area contributed by atoms with Crippen molar-refractivity contribution >= 4 is 11.7 Å². The van der Waals surface area contributed by atoms with Crippen molar-refractivity contribution in [1.82, 2.24) is 5.32 Å². The smallest absolute Gasteiger partial charge is 0.260 e. The molecule has 3 N–H and O–H groups in total. The van der Waals surface area contributed by atoms with Crippen LogP contribution in [0.2, 0.25) is 0 Å². The van der Waals surface area contributed by atoms with Crippen LogP contribution in [-0.4, -0.2) is 24.4 Å². The number of amides is 1. The van der Waals surface area contributed by atoms with Crippen LogP contribution < -0.4 is 11.1 Å². The first-order chi connectivity index (χ1) is 9.99. The highest BCUT2D eigenvalue weighted by molar-refractivity contribution is 5.80. The van der Waals surface area contributed by atoms with Crippen LogP contribution in [-0.2, 0) is 16.1 Å². The molecule has 0 aliphatic rings. The fourth-order valence-corrected chi connectivity index (χ4v) is 1.60. The number of rotatable bonds is 8. The van der Waals surface area contributed by atoms with E-state index < -0.39 is 0 Å². The minimum absolute atomic E-state index is 0.108. The average Bonchev–Trinajstić information content (AvgIpc) is 2.46. The number of carbonyl (C=O) groups is 1. The summed E-state index contributed by atoms with van der Waals surface area (Å²) in [5, 5.41) is 6.60. The minimum atomic E-state index is -0.184. The number of oxime groups is 1. The molecule has 0 saturated heterocycles. The fraction of sp³-hybridized carbons (Fsp3) is 0.500. The van der Waals surface area contributed by atoms with Crippen molar-refractivity contribution < 1.29 is 9.63 Å². The van der Waals surface area contributed by atoms with E-state index in [1.165, 1.54) is 5.56 Å². The van der Waals surface area contributed by atoms with Crippen molar-refractivity contribution in [1.29, 1.82) is 0 Å². The lowest BCUT2D eigenvalue weighted by atomic mass is 10.1. The summed E-state index contributed by atoms with van der Waals surface area (Å²) in [7, 11) is 0. The van der Waals surface area contributed by atoms with Crippen LogP contribution in [0.3, 0.4) is 0 Å². The van der Waals surface area contributed by atoms with Crippen LogP contribution in [0.5, 0.6) is 0 Å². The zero-order valence-corrected chi connectivity index (χ0v) is 13.0. The van der Waals surface area contributed by atoms with Gasteiger partial charge in [-0.1, -0.05) is 49.3 Å². The molecule has 1 aromatic rings. The Hall–Kier alpha value is -2.04. The second-order valence-corrected chi connectivity index (χ2v) is 5.44. The first kappa shape index (κ1) is 17.0. The Morgan fingerprint density at radius 1 is 1.29 bits per heavy atom. The van der Waals surface area contributed by atoms with Gasteiger partial charge in [0, 0.05) is 12.5 Å². The molecular formula is C16H25N3O2. The molecule has 116 valence electrons. The van der Waals surface area contributed by atoms with Crippen molar-refractivity contribution in [3.63, 3.8) is 0 Å². The summed E-state index contributed by atoms with van der Waals surface area (Å²) in [6.07, 6.45) is 1.41. The predicted octanol–water partition coefficient (Wildman–Crippen LogP) is 2.07. The molecule has 1 amide bonds. The first-order valence-electron chi connectivity index (χ1n) is 7.26. The molecule has 0 bridgehead atoms. The summed E-state index contributed by atoms with van der Waals surface area (Å²) in [5.74, 6) is 0.591. The van der Waals surface area contributed by atoms with Crippen LogP contribution in [0.15, 0.2) is 35.5 Å². The Labute approximate surface area is 126 Å². The molecule has 1 rings (SSSR count). The van der Waals surface area contributed by atoms with Gasteiger partial charge in [0.05, 0.1) is 0 Å². The predicted molar refractivity (Wildman–Crippen MR) is 84.8 cm³/mol. The summed E-state index contributed by atoms with van der Waals surface area (Å²) in [6.45, 7) is 5.94. The van der Waals surface area contributed by atoms with Crippen LogP contribution in [0.1, 0.15) is 32.8 Å². The van der Waals surface area contributed by atoms with E-state index in [2.05, 4.69) is 10.5 Å². The van der Waals surface area contributed by atoms with E-state index >= 15 is 0 Å². The maximum Gasteiger partial charge on any atom is 0.260 e. The van der Waals surface area contributed by atoms with E-state index in [-0.39, 0.29) is 18.6 Å². The van der Waals surface area contributed by atoms with Gasteiger partial charge in [-0.2, -0.15) is 0 Å². The van der Waals surface area contributed by atoms with Gasteiger partial charge < -0.3 is 15.9 Å². The summed E-state index contributed by atoms with van der Waals surface area (Å²) in [6, 6.07) is 10.1. The van der Waals surface area contributed by atoms with Crippen molar-refractivity contribution in [2.45, 2.75) is 39.7 Å². The highest BCUT2D eigenvalue weighted by atomic mass is 16.6. The molecule has 0 heterocycles. The zero-order valence-electron chi connectivity index (χ0n) is 13.0. The lowest BCUT2D eigenvalue weighted by Crippen LogP contribution is -2.38. The summed E-state index contributed by atoms with van der Waals surface area (Å²) < 4.78 is 0. The third kappa shape index (κ3) is 7.34. The van der Waals surface area contributed by atoms with Gasteiger partial charge in [0.2, 0.25) is 0 Å². The van der Waals surface area contributed by atoms with Gasteiger partial charge in [0.25, 0.3) is 5.91 Å². The van der Waals surface area contributed by atoms with E-state index in [0.717, 1.165) is 6.42 Å². The number of carbonyl (C=O) groups excluding carboxylic acids is 1. The number of hydrogen-bond donors (Lipinski definition) is 2. The van der Waals surface area contributed by atoms with Crippen molar-refractivity contribution in [2.24, 2.45) is 16.8 Å². The molecule has 0 aliphatic heterocycles. The molecule has 1 aromatic carbocycles. The maximum absolute atomic E-state index is 11.6. The normalized spacial score (nSPS) is 13.0. The van der Waals surface area contributed by atoms with Gasteiger partial charge in [-0.15, -0.1) is 0 Å². The number of benzene rings is 1. The lowest BCUT2D eigenvalue weighted by molar-refractivity contribution is -0.126. The van der Waals surface area contributed by atoms with Crippen LogP contribution in [0, 0.1) is 5.92 Å². The average molecular weight is 291 g/mol. The van der Waals surface area contributed by atoms with Crippen LogP contribution >= 0.6 is 0 Å². The van der Waals surface area contributed by atoms with Crippen LogP contribution in [0.25, 0.3) is 0 Å². The van der Waals surface area contributed by atoms with Crippen LogP contribution in [0.4, 0.5) is 0 Å². The fourth-order valence-electron chi connectivity index (χ4n) is 1.60. The second kappa shape index (κ2) is 9.00. The standard InChI is InChI=1S/C16H25N3O2/c1-12(2)13(3)18-16(20)11-21-19-15(17)10-9-14-7-5-4-6-8-14/h4-8,12-13H,9-11H2,1-3H3,(H2,17,19)(H,18,20). The number of nitrogens with one attached hydrogen (secondary N) is 1. The molecule has 0 saturated carbocycles. The molecule has 0 spiro atoms. The Kier molecular flexibility index (Phi) is 7.29. The number of aryl methyl sites for hydroxylation is 1. The molecular weight excluding hydrogens is 266 g/mol. The zero-order chi connectivity index (χ0) is 15.7. The quantitative estimate of drug-likeness (QED) is 0.437. The molecule has 5 heteroatoms. The Morgan fingerprint density at radius 3 is 2.57 bits per heavy atom. The topological polar surface area (TPSA) is 76.7 Å². The summed E-state index contributed by atoms with van der Waals surface area (Å²) in [5.41, 5.74) is 6.94. The molecule has 21 heavy (non-hydrogen) atoms. The molecule has 5 nitrogen and oxygen atoms in total. The van der Waals surface area contributed by atoms with E-state index in [1.807, 2.05) is 51.1 Å². The van der Waals surface area contributed by atoms with E-state index in [0.29, 0.717) is 18.2 Å². The van der Waals surface area contributed by atoms with Gasteiger partial charge in [-0.05, 0) is 24.8 Å². The Bertz CT molecular complexity index is 458. The van der Waals surface area contributed by atoms with Gasteiger partial charge in [-0.25, -0.2) is 0 Å². The van der Waals surface area contributed by atoms with Gasteiger partial charge in [0.1, 0.15) is 5.84 Å². The molecule has 1 atom stereocenters. The number of amidine groups is 1. The highest BCUT2D eigenvalue weighted by Gasteiger charge is 2.10. The van der Waals surface area contributed by atoms with E-state index in [1.54, 1.807) is 0 Å². The van der Waals surface area contributed by atoms with E-state index in [9.17, 15) is 4.79 Å². The lowest BCUT2D eigenvalue weighted by Gasteiger charge is -2.16. The second-order valence-electron chi connectivity index (χ2n) is 5.44. The number of hydrogen-bond acceptors (Lipinski definition) is 3. The maximum atomic E-state index is 11.6. The molecule has 0 radical (unpaired) electrons. The monoisotopic (exact) mass is 291 g/mol. The number of nitrogens with two attached hydrogens (primary N) is 1. The molecule has 0 fully saturated rings. The third-order valence-electron chi connectivity index (χ3n) is 3.28. The molecule has 1 unspecified atom stereocenters. The summed E-state index contributed by atoms with van der Waals surface area (Å²) >= 11 is 0. The number of nitrogens with zero attached hydrogens (tertiary/aromatic N) is 1. The van der Waals surface area contributed by atoms with Gasteiger partial charge in [-0.3, -0.25) is 4.79 Å². The molecule has 0 aromatic heterocycles. The van der Waals surface area contributed by atoms with E-state index in [4.69, 9.17) is 10.6 Å². The van der Waals surface area contributed by atoms with Crippen molar-refractivity contribution in [3.05, 3.63) is 35.9 Å². The van der Waals surface area contributed by atoms with Gasteiger partial charge in [0.15, 0.2) is 6.61 Å². The highest BCUT2D eigenvalue weighted by Crippen LogP contribution is 2.02. The molecule has 0 aliphatic carbocycles.